The van der Waals surface area contributed by atoms with E-state index in [1.807, 2.05) is 47.4 Å². The minimum atomic E-state index is -0.175. The predicted molar refractivity (Wildman–Crippen MR) is 128 cm³/mol. The largest absolute Gasteiger partial charge is 0.339 e. The van der Waals surface area contributed by atoms with Gasteiger partial charge in [0.2, 0.25) is 5.91 Å². The van der Waals surface area contributed by atoms with E-state index in [4.69, 9.17) is 12.2 Å². The summed E-state index contributed by atoms with van der Waals surface area (Å²) in [6, 6.07) is 21.1. The van der Waals surface area contributed by atoms with E-state index in [0.717, 1.165) is 48.0 Å². The maximum Gasteiger partial charge on any atom is 0.253 e. The monoisotopic (exact) mass is 431 g/mol. The molecule has 1 saturated heterocycles. The number of nitrogens with one attached hydrogen (secondary N) is 2. The Morgan fingerprint density at radius 3 is 2.35 bits per heavy atom. The van der Waals surface area contributed by atoms with E-state index in [0.29, 0.717) is 5.56 Å². The third kappa shape index (κ3) is 5.27. The molecule has 3 aromatic carbocycles. The summed E-state index contributed by atoms with van der Waals surface area (Å²) >= 11 is 5.29. The molecular weight excluding hydrogens is 406 g/mol. The number of carbonyl (C=O) groups excluding carboxylic acids is 2. The van der Waals surface area contributed by atoms with Crippen LogP contribution in [0.15, 0.2) is 66.7 Å². The fraction of sp³-hybridized carbons (Fsp3) is 0.240. The van der Waals surface area contributed by atoms with E-state index in [1.54, 1.807) is 24.3 Å². The molecule has 158 valence electrons. The minimum Gasteiger partial charge on any atom is -0.339 e. The molecule has 0 spiro atoms. The van der Waals surface area contributed by atoms with Crippen molar-refractivity contribution < 1.29 is 9.59 Å². The third-order valence-corrected chi connectivity index (χ3v) is 5.72. The molecular formula is C25H25N3O2S. The number of hydrogen-bond acceptors (Lipinski definition) is 3. The van der Waals surface area contributed by atoms with E-state index in [-0.39, 0.29) is 23.3 Å². The molecule has 2 amide bonds. The Balaban J connectivity index is 1.33. The van der Waals surface area contributed by atoms with Gasteiger partial charge in [-0.15, -0.1) is 0 Å². The van der Waals surface area contributed by atoms with E-state index < -0.39 is 0 Å². The van der Waals surface area contributed by atoms with Crippen molar-refractivity contribution >= 4 is 45.6 Å². The first kappa shape index (κ1) is 21.0. The maximum absolute atomic E-state index is 12.6. The number of rotatable bonds is 4. The Labute approximate surface area is 187 Å². The van der Waals surface area contributed by atoms with Gasteiger partial charge in [-0.2, -0.15) is 0 Å². The molecule has 1 fully saturated rings. The lowest BCUT2D eigenvalue weighted by atomic mass is 10.0. The second-order valence-electron chi connectivity index (χ2n) is 7.75. The van der Waals surface area contributed by atoms with Crippen molar-refractivity contribution in [3.63, 3.8) is 0 Å². The molecule has 1 aliphatic heterocycles. The van der Waals surface area contributed by atoms with Crippen molar-refractivity contribution in [1.29, 1.82) is 0 Å². The summed E-state index contributed by atoms with van der Waals surface area (Å²) < 4.78 is 0. The van der Waals surface area contributed by atoms with Gasteiger partial charge in [0.25, 0.3) is 5.91 Å². The van der Waals surface area contributed by atoms with Crippen LogP contribution >= 0.6 is 12.2 Å². The molecule has 1 aliphatic rings. The highest BCUT2D eigenvalue weighted by molar-refractivity contribution is 7.80. The predicted octanol–water partition coefficient (Wildman–Crippen LogP) is 4.52. The van der Waals surface area contributed by atoms with Crippen LogP contribution in [0.5, 0.6) is 0 Å². The number of anilines is 1. The fourth-order valence-corrected chi connectivity index (χ4v) is 4.16. The van der Waals surface area contributed by atoms with Crippen molar-refractivity contribution in [2.24, 2.45) is 0 Å². The van der Waals surface area contributed by atoms with Crippen molar-refractivity contribution in [3.05, 3.63) is 77.9 Å². The van der Waals surface area contributed by atoms with E-state index in [9.17, 15) is 9.59 Å². The molecule has 4 rings (SSSR count). The lowest BCUT2D eigenvalue weighted by Crippen LogP contribution is -2.36. The van der Waals surface area contributed by atoms with Crippen LogP contribution in [0.4, 0.5) is 5.69 Å². The van der Waals surface area contributed by atoms with Gasteiger partial charge in [-0.3, -0.25) is 9.59 Å². The summed E-state index contributed by atoms with van der Waals surface area (Å²) in [7, 11) is 0. The van der Waals surface area contributed by atoms with Gasteiger partial charge in [-0.05, 0) is 72.1 Å². The first-order chi connectivity index (χ1) is 15.1. The molecule has 6 heteroatoms. The lowest BCUT2D eigenvalue weighted by molar-refractivity contribution is -0.119. The molecule has 0 aliphatic carbocycles. The molecule has 31 heavy (non-hydrogen) atoms. The maximum atomic E-state index is 12.6. The highest BCUT2D eigenvalue weighted by atomic mass is 32.1. The second-order valence-corrected chi connectivity index (χ2v) is 8.16. The third-order valence-electron chi connectivity index (χ3n) is 5.52. The smallest absolute Gasteiger partial charge is 0.253 e. The topological polar surface area (TPSA) is 61.4 Å². The number of piperidine rings is 1. The van der Waals surface area contributed by atoms with E-state index in [2.05, 4.69) is 10.6 Å². The molecule has 3 aromatic rings. The Bertz CT molecular complexity index is 1100. The Morgan fingerprint density at radius 1 is 0.871 bits per heavy atom. The molecule has 0 aromatic heterocycles. The summed E-state index contributed by atoms with van der Waals surface area (Å²) in [5.74, 6) is -0.108. The van der Waals surface area contributed by atoms with Crippen molar-refractivity contribution in [2.45, 2.75) is 25.7 Å². The highest BCUT2D eigenvalue weighted by Crippen LogP contribution is 2.19. The summed E-state index contributed by atoms with van der Waals surface area (Å²) in [5.41, 5.74) is 2.35. The zero-order valence-electron chi connectivity index (χ0n) is 17.3. The van der Waals surface area contributed by atoms with Crippen molar-refractivity contribution in [3.8, 4) is 0 Å². The van der Waals surface area contributed by atoms with Gasteiger partial charge in [-0.25, -0.2) is 0 Å². The van der Waals surface area contributed by atoms with Crippen LogP contribution in [0, 0.1) is 0 Å². The summed E-state index contributed by atoms with van der Waals surface area (Å²) in [5, 5.41) is 8.16. The number of likely N-dealkylation sites (tertiary alicyclic amines) is 1. The van der Waals surface area contributed by atoms with Gasteiger partial charge in [0.05, 0.1) is 6.42 Å². The highest BCUT2D eigenvalue weighted by Gasteiger charge is 2.18. The first-order valence-electron chi connectivity index (χ1n) is 10.6. The average Bonchev–Trinajstić information content (AvgIpc) is 2.80. The zero-order valence-corrected chi connectivity index (χ0v) is 18.1. The van der Waals surface area contributed by atoms with Gasteiger partial charge in [0.1, 0.15) is 0 Å². The molecule has 0 unspecified atom stereocenters. The normalized spacial score (nSPS) is 13.6. The van der Waals surface area contributed by atoms with E-state index >= 15 is 0 Å². The van der Waals surface area contributed by atoms with Gasteiger partial charge >= 0.3 is 0 Å². The Kier molecular flexibility index (Phi) is 6.57. The Hall–Kier alpha value is -3.25. The summed E-state index contributed by atoms with van der Waals surface area (Å²) in [4.78, 5) is 27.0. The van der Waals surface area contributed by atoms with Crippen LogP contribution in [0.2, 0.25) is 0 Å². The van der Waals surface area contributed by atoms with Gasteiger partial charge in [-0.1, -0.05) is 42.5 Å². The minimum absolute atomic E-state index is 0.0669. The first-order valence-corrected chi connectivity index (χ1v) is 11.0. The van der Waals surface area contributed by atoms with Crippen LogP contribution in [-0.2, 0) is 11.2 Å². The average molecular weight is 432 g/mol. The molecule has 0 atom stereocenters. The van der Waals surface area contributed by atoms with Crippen LogP contribution < -0.4 is 10.6 Å². The van der Waals surface area contributed by atoms with Gasteiger partial charge in [0, 0.05) is 24.3 Å². The number of fused-ring (bicyclic) bond motifs is 1. The van der Waals surface area contributed by atoms with Gasteiger partial charge in [0.15, 0.2) is 5.11 Å². The molecule has 1 heterocycles. The summed E-state index contributed by atoms with van der Waals surface area (Å²) in [6.45, 7) is 1.65. The Morgan fingerprint density at radius 2 is 1.58 bits per heavy atom. The van der Waals surface area contributed by atoms with Crippen LogP contribution in [0.1, 0.15) is 35.2 Å². The molecule has 5 nitrogen and oxygen atoms in total. The number of nitrogens with zero attached hydrogens (tertiary/aromatic N) is 1. The molecule has 2 N–H and O–H groups in total. The van der Waals surface area contributed by atoms with E-state index in [1.165, 1.54) is 6.42 Å². The number of benzene rings is 3. The zero-order chi connectivity index (χ0) is 21.6. The molecule has 0 bridgehead atoms. The summed E-state index contributed by atoms with van der Waals surface area (Å²) in [6.07, 6.45) is 3.57. The second kappa shape index (κ2) is 9.71. The van der Waals surface area contributed by atoms with Crippen molar-refractivity contribution in [2.75, 3.05) is 18.4 Å². The fourth-order valence-electron chi connectivity index (χ4n) is 3.93. The van der Waals surface area contributed by atoms with Crippen LogP contribution in [-0.4, -0.2) is 34.9 Å². The number of hydrogen-bond donors (Lipinski definition) is 2. The number of carbonyl (C=O) groups is 2. The SMILES string of the molecule is O=C(Cc1cccc2ccccc12)NC(=S)Nc1ccc(C(=O)N2CCCCC2)cc1. The quantitative estimate of drug-likeness (QED) is 0.596. The lowest BCUT2D eigenvalue weighted by Gasteiger charge is -2.26. The number of thiocarbonyl (C=S) groups is 1. The molecule has 0 radical (unpaired) electrons. The molecule has 0 saturated carbocycles. The van der Waals surface area contributed by atoms with Gasteiger partial charge < -0.3 is 15.5 Å². The van der Waals surface area contributed by atoms with Crippen LogP contribution in [0.25, 0.3) is 10.8 Å². The van der Waals surface area contributed by atoms with Crippen molar-refractivity contribution in [1.82, 2.24) is 10.2 Å². The van der Waals surface area contributed by atoms with Crippen LogP contribution in [0.3, 0.4) is 0 Å². The standard InChI is InChI=1S/C25H25N3O2S/c29-23(17-20-9-6-8-18-7-2-3-10-22(18)20)27-25(31)26-21-13-11-19(12-14-21)24(30)28-15-4-1-5-16-28/h2-3,6-14H,1,4-5,15-17H2,(H2,26,27,29,31). The number of amides is 2.